The van der Waals surface area contributed by atoms with Crippen molar-refractivity contribution in [3.63, 3.8) is 0 Å². The molecular weight excluding hydrogens is 230 g/mol. The number of nitrogens with one attached hydrogen (secondary N) is 1. The molecule has 5 heteroatoms. The van der Waals surface area contributed by atoms with E-state index in [0.717, 1.165) is 18.5 Å². The number of nitrogens with zero attached hydrogens (tertiary/aromatic N) is 1. The van der Waals surface area contributed by atoms with E-state index < -0.39 is 0 Å². The molecule has 18 heavy (non-hydrogen) atoms. The molecule has 1 fully saturated rings. The molecule has 1 amide bonds. The van der Waals surface area contributed by atoms with Crippen molar-refractivity contribution in [2.24, 2.45) is 0 Å². The van der Waals surface area contributed by atoms with Crippen LogP contribution in [0.4, 0.5) is 11.4 Å². The molecular formula is C13H19N3O2. The van der Waals surface area contributed by atoms with Crippen LogP contribution in [0.15, 0.2) is 24.3 Å². The average Bonchev–Trinajstić information content (AvgIpc) is 3.16. The molecule has 1 aromatic carbocycles. The first-order valence-electron chi connectivity index (χ1n) is 6.19. The van der Waals surface area contributed by atoms with Crippen LogP contribution in [-0.2, 0) is 4.79 Å². The minimum Gasteiger partial charge on any atom is -0.399 e. The molecule has 5 nitrogen and oxygen atoms in total. The Labute approximate surface area is 107 Å². The van der Waals surface area contributed by atoms with Crippen molar-refractivity contribution in [2.45, 2.75) is 18.9 Å². The number of aliphatic hydroxyl groups is 1. The maximum Gasteiger partial charge on any atom is 0.238 e. The second-order valence-electron chi connectivity index (χ2n) is 4.60. The van der Waals surface area contributed by atoms with Gasteiger partial charge in [-0.25, -0.2) is 0 Å². The summed E-state index contributed by atoms with van der Waals surface area (Å²) in [5.41, 5.74) is 7.00. The molecule has 4 N–H and O–H groups in total. The Kier molecular flexibility index (Phi) is 4.17. The molecule has 0 bridgehead atoms. The predicted octanol–water partition coefficient (Wildman–Crippen LogP) is 0.664. The Morgan fingerprint density at radius 2 is 2.06 bits per heavy atom. The molecule has 0 unspecified atom stereocenters. The fraction of sp³-hybridized carbons (Fsp3) is 0.462. The molecule has 0 aromatic heterocycles. The Bertz CT molecular complexity index is 401. The summed E-state index contributed by atoms with van der Waals surface area (Å²) >= 11 is 0. The van der Waals surface area contributed by atoms with Gasteiger partial charge in [-0.05, 0) is 37.1 Å². The highest BCUT2D eigenvalue weighted by molar-refractivity contribution is 5.92. The van der Waals surface area contributed by atoms with Crippen molar-refractivity contribution in [3.8, 4) is 0 Å². The summed E-state index contributed by atoms with van der Waals surface area (Å²) in [5.74, 6) is -0.0554. The number of hydrogen-bond donors (Lipinski definition) is 3. The van der Waals surface area contributed by atoms with Gasteiger partial charge in [0, 0.05) is 24.0 Å². The molecule has 0 spiro atoms. The lowest BCUT2D eigenvalue weighted by Crippen LogP contribution is -2.36. The summed E-state index contributed by atoms with van der Waals surface area (Å²) in [6.45, 7) is 0.973. The number of aliphatic hydroxyl groups excluding tert-OH is 1. The first-order valence-corrected chi connectivity index (χ1v) is 6.19. The van der Waals surface area contributed by atoms with Gasteiger partial charge in [0.2, 0.25) is 5.91 Å². The minimum absolute atomic E-state index is 0.0554. The molecule has 1 aromatic rings. The van der Waals surface area contributed by atoms with Gasteiger partial charge in [-0.1, -0.05) is 0 Å². The number of rotatable bonds is 6. The standard InChI is InChI=1S/C13H19N3O2/c14-10-1-3-11(4-2-10)15-13(18)9-16(7-8-17)12-5-6-12/h1-4,12,17H,5-9,14H2,(H,15,18). The van der Waals surface area contributed by atoms with Crippen LogP contribution >= 0.6 is 0 Å². The molecule has 0 radical (unpaired) electrons. The van der Waals surface area contributed by atoms with Crippen LogP contribution < -0.4 is 11.1 Å². The summed E-state index contributed by atoms with van der Waals surface area (Å²) in [6.07, 6.45) is 2.24. The Hall–Kier alpha value is -1.59. The molecule has 0 heterocycles. The molecule has 0 aliphatic heterocycles. The minimum atomic E-state index is -0.0554. The van der Waals surface area contributed by atoms with Crippen LogP contribution in [0.1, 0.15) is 12.8 Å². The fourth-order valence-electron chi connectivity index (χ4n) is 1.91. The molecule has 0 atom stereocenters. The third-order valence-corrected chi connectivity index (χ3v) is 2.99. The number of benzene rings is 1. The van der Waals surface area contributed by atoms with Gasteiger partial charge in [0.05, 0.1) is 13.2 Å². The molecule has 1 aliphatic rings. The maximum atomic E-state index is 11.8. The zero-order valence-electron chi connectivity index (χ0n) is 10.3. The largest absolute Gasteiger partial charge is 0.399 e. The first-order chi connectivity index (χ1) is 8.69. The van der Waals surface area contributed by atoms with Gasteiger partial charge in [0.25, 0.3) is 0 Å². The number of anilines is 2. The van der Waals surface area contributed by atoms with Crippen LogP contribution in [0.3, 0.4) is 0 Å². The van der Waals surface area contributed by atoms with Gasteiger partial charge in [0.15, 0.2) is 0 Å². The van der Waals surface area contributed by atoms with Crippen LogP contribution in [-0.4, -0.2) is 41.7 Å². The topological polar surface area (TPSA) is 78.6 Å². The van der Waals surface area contributed by atoms with Crippen molar-refractivity contribution < 1.29 is 9.90 Å². The van der Waals surface area contributed by atoms with Crippen molar-refractivity contribution in [1.82, 2.24) is 4.90 Å². The van der Waals surface area contributed by atoms with Gasteiger partial charge >= 0.3 is 0 Å². The van der Waals surface area contributed by atoms with Gasteiger partial charge in [-0.15, -0.1) is 0 Å². The fourth-order valence-corrected chi connectivity index (χ4v) is 1.91. The summed E-state index contributed by atoms with van der Waals surface area (Å²) in [7, 11) is 0. The van der Waals surface area contributed by atoms with Gasteiger partial charge < -0.3 is 16.2 Å². The zero-order valence-corrected chi connectivity index (χ0v) is 10.3. The Morgan fingerprint density at radius 1 is 1.39 bits per heavy atom. The van der Waals surface area contributed by atoms with Crippen LogP contribution in [0, 0.1) is 0 Å². The van der Waals surface area contributed by atoms with Gasteiger partial charge in [0.1, 0.15) is 0 Å². The quantitative estimate of drug-likeness (QED) is 0.647. The second kappa shape index (κ2) is 5.84. The van der Waals surface area contributed by atoms with Crippen molar-refractivity contribution in [3.05, 3.63) is 24.3 Å². The third-order valence-electron chi connectivity index (χ3n) is 2.99. The lowest BCUT2D eigenvalue weighted by atomic mass is 10.3. The van der Waals surface area contributed by atoms with E-state index in [4.69, 9.17) is 10.8 Å². The highest BCUT2D eigenvalue weighted by Crippen LogP contribution is 2.26. The van der Waals surface area contributed by atoms with E-state index in [2.05, 4.69) is 5.32 Å². The monoisotopic (exact) mass is 249 g/mol. The summed E-state index contributed by atoms with van der Waals surface area (Å²) in [5, 5.41) is 11.8. The van der Waals surface area contributed by atoms with E-state index in [1.165, 1.54) is 0 Å². The van der Waals surface area contributed by atoms with E-state index in [1.54, 1.807) is 24.3 Å². The SMILES string of the molecule is Nc1ccc(NC(=O)CN(CCO)C2CC2)cc1. The molecule has 2 rings (SSSR count). The summed E-state index contributed by atoms with van der Waals surface area (Å²) < 4.78 is 0. The van der Waals surface area contributed by atoms with Crippen molar-refractivity contribution in [2.75, 3.05) is 30.7 Å². The predicted molar refractivity (Wildman–Crippen MR) is 71.2 cm³/mol. The molecule has 1 saturated carbocycles. The smallest absolute Gasteiger partial charge is 0.238 e. The molecule has 0 saturated heterocycles. The van der Waals surface area contributed by atoms with E-state index in [0.29, 0.717) is 24.8 Å². The van der Waals surface area contributed by atoms with Crippen LogP contribution in [0.2, 0.25) is 0 Å². The van der Waals surface area contributed by atoms with Crippen LogP contribution in [0.5, 0.6) is 0 Å². The van der Waals surface area contributed by atoms with Gasteiger partial charge in [-0.2, -0.15) is 0 Å². The highest BCUT2D eigenvalue weighted by Gasteiger charge is 2.29. The number of carbonyl (C=O) groups excluding carboxylic acids is 1. The summed E-state index contributed by atoms with van der Waals surface area (Å²) in [4.78, 5) is 13.9. The third kappa shape index (κ3) is 3.72. The van der Waals surface area contributed by atoms with E-state index in [9.17, 15) is 4.79 Å². The van der Waals surface area contributed by atoms with E-state index in [-0.39, 0.29) is 12.5 Å². The zero-order chi connectivity index (χ0) is 13.0. The normalized spacial score (nSPS) is 14.8. The lowest BCUT2D eigenvalue weighted by molar-refractivity contribution is -0.117. The highest BCUT2D eigenvalue weighted by atomic mass is 16.3. The second-order valence-corrected chi connectivity index (χ2v) is 4.60. The van der Waals surface area contributed by atoms with E-state index in [1.807, 2.05) is 4.90 Å². The number of amides is 1. The van der Waals surface area contributed by atoms with Crippen molar-refractivity contribution >= 4 is 17.3 Å². The number of nitrogens with two attached hydrogens (primary N) is 1. The van der Waals surface area contributed by atoms with Gasteiger partial charge in [-0.3, -0.25) is 9.69 Å². The maximum absolute atomic E-state index is 11.8. The summed E-state index contributed by atoms with van der Waals surface area (Å²) in [6, 6.07) is 7.53. The first kappa shape index (κ1) is 12.9. The number of nitrogen functional groups attached to an aromatic ring is 1. The van der Waals surface area contributed by atoms with Crippen LogP contribution in [0.25, 0.3) is 0 Å². The van der Waals surface area contributed by atoms with E-state index >= 15 is 0 Å². The van der Waals surface area contributed by atoms with Crippen molar-refractivity contribution in [1.29, 1.82) is 0 Å². The molecule has 1 aliphatic carbocycles. The average molecular weight is 249 g/mol. The Morgan fingerprint density at radius 3 is 2.61 bits per heavy atom. The number of hydrogen-bond acceptors (Lipinski definition) is 4. The molecule has 98 valence electrons. The lowest BCUT2D eigenvalue weighted by Gasteiger charge is -2.20. The Balaban J connectivity index is 1.85. The number of carbonyl (C=O) groups is 1.